The van der Waals surface area contributed by atoms with Crippen molar-refractivity contribution >= 4 is 21.4 Å². The Balaban J connectivity index is 1.51. The van der Waals surface area contributed by atoms with Gasteiger partial charge in [0.2, 0.25) is 0 Å². The number of sulfonamides is 1. The van der Waals surface area contributed by atoms with Crippen molar-refractivity contribution in [3.8, 4) is 0 Å². The molecule has 0 N–H and O–H groups in total. The van der Waals surface area contributed by atoms with Crippen LogP contribution in [0.5, 0.6) is 0 Å². The highest BCUT2D eigenvalue weighted by Gasteiger charge is 2.36. The summed E-state index contributed by atoms with van der Waals surface area (Å²) < 4.78 is 31.0. The molecule has 0 spiro atoms. The minimum atomic E-state index is -3.42. The third-order valence-electron chi connectivity index (χ3n) is 5.29. The average Bonchev–Trinajstić information content (AvgIpc) is 3.26. The van der Waals surface area contributed by atoms with Crippen molar-refractivity contribution in [3.05, 3.63) is 33.3 Å². The van der Waals surface area contributed by atoms with E-state index in [9.17, 15) is 13.2 Å². The van der Waals surface area contributed by atoms with E-state index in [-0.39, 0.29) is 17.6 Å². The number of thiophene rings is 1. The normalized spacial score (nSPS) is 19.9. The van der Waals surface area contributed by atoms with E-state index in [4.69, 9.17) is 0 Å². The standard InChI is InChI=1S/C17H24N4O3S2/c1-3-14-6-7-15(25-14)26(23,24)20-10-8-12(9-11-20)16-18-19(2)17(22)21(16)13-4-5-13/h6-7,12-13H,3-5,8-11H2,1-2H3. The smallest absolute Gasteiger partial charge is 0.276 e. The van der Waals surface area contributed by atoms with Crippen LogP contribution in [0.25, 0.3) is 0 Å². The molecule has 1 aliphatic carbocycles. The first-order chi connectivity index (χ1) is 12.4. The van der Waals surface area contributed by atoms with E-state index in [1.807, 2.05) is 17.6 Å². The van der Waals surface area contributed by atoms with Gasteiger partial charge in [-0.25, -0.2) is 17.9 Å². The Morgan fingerprint density at radius 2 is 1.88 bits per heavy atom. The number of nitrogens with zero attached hydrogens (tertiary/aromatic N) is 4. The number of rotatable bonds is 5. The Morgan fingerprint density at radius 1 is 1.19 bits per heavy atom. The zero-order chi connectivity index (χ0) is 18.5. The van der Waals surface area contributed by atoms with Gasteiger partial charge >= 0.3 is 5.69 Å². The Hall–Kier alpha value is -1.45. The van der Waals surface area contributed by atoms with Gasteiger partial charge in [0.05, 0.1) is 0 Å². The van der Waals surface area contributed by atoms with Crippen molar-refractivity contribution in [2.24, 2.45) is 7.05 Å². The van der Waals surface area contributed by atoms with Gasteiger partial charge in [-0.2, -0.15) is 9.40 Å². The molecule has 0 amide bonds. The van der Waals surface area contributed by atoms with Crippen LogP contribution < -0.4 is 5.69 Å². The van der Waals surface area contributed by atoms with Crippen LogP contribution in [0.4, 0.5) is 0 Å². The van der Waals surface area contributed by atoms with Crippen molar-refractivity contribution in [1.29, 1.82) is 0 Å². The quantitative estimate of drug-likeness (QED) is 0.776. The molecular weight excluding hydrogens is 372 g/mol. The molecule has 0 aromatic carbocycles. The fourth-order valence-corrected chi connectivity index (χ4v) is 6.54. The predicted octanol–water partition coefficient (Wildman–Crippen LogP) is 2.11. The molecule has 2 aliphatic rings. The molecular formula is C17H24N4O3S2. The molecule has 2 fully saturated rings. The van der Waals surface area contributed by atoms with E-state index in [2.05, 4.69) is 5.10 Å². The second kappa shape index (κ2) is 6.61. The molecule has 0 radical (unpaired) electrons. The summed E-state index contributed by atoms with van der Waals surface area (Å²) in [7, 11) is -1.73. The van der Waals surface area contributed by atoms with Crippen molar-refractivity contribution < 1.29 is 8.42 Å². The van der Waals surface area contributed by atoms with Crippen LogP contribution in [-0.4, -0.2) is 40.2 Å². The first-order valence-electron chi connectivity index (χ1n) is 9.16. The summed E-state index contributed by atoms with van der Waals surface area (Å²) in [5.41, 5.74) is -0.0526. The highest BCUT2D eigenvalue weighted by molar-refractivity contribution is 7.91. The van der Waals surface area contributed by atoms with Gasteiger partial charge in [0.15, 0.2) is 0 Å². The average molecular weight is 397 g/mol. The highest BCUT2D eigenvalue weighted by Crippen LogP contribution is 2.38. The first kappa shape index (κ1) is 17.9. The summed E-state index contributed by atoms with van der Waals surface area (Å²) in [4.78, 5) is 13.4. The van der Waals surface area contributed by atoms with Gasteiger partial charge in [-0.3, -0.25) is 4.57 Å². The molecule has 26 heavy (non-hydrogen) atoms. The van der Waals surface area contributed by atoms with Crippen LogP contribution in [0.2, 0.25) is 0 Å². The van der Waals surface area contributed by atoms with Crippen LogP contribution in [0.1, 0.15) is 55.3 Å². The Kier molecular flexibility index (Phi) is 4.56. The summed E-state index contributed by atoms with van der Waals surface area (Å²) in [5.74, 6) is 0.979. The zero-order valence-electron chi connectivity index (χ0n) is 15.1. The van der Waals surface area contributed by atoms with Crippen molar-refractivity contribution in [2.75, 3.05) is 13.1 Å². The predicted molar refractivity (Wildman–Crippen MR) is 100 cm³/mol. The largest absolute Gasteiger partial charge is 0.345 e. The summed E-state index contributed by atoms with van der Waals surface area (Å²) in [6, 6.07) is 3.90. The van der Waals surface area contributed by atoms with Crippen molar-refractivity contribution in [3.63, 3.8) is 0 Å². The molecule has 4 rings (SSSR count). The summed E-state index contributed by atoms with van der Waals surface area (Å²) in [6.07, 6.45) is 4.32. The molecule has 2 aromatic heterocycles. The molecule has 2 aromatic rings. The lowest BCUT2D eigenvalue weighted by Gasteiger charge is -2.30. The van der Waals surface area contributed by atoms with Gasteiger partial charge in [-0.05, 0) is 44.2 Å². The summed E-state index contributed by atoms with van der Waals surface area (Å²) in [5, 5.41) is 4.46. The highest BCUT2D eigenvalue weighted by atomic mass is 32.2. The third kappa shape index (κ3) is 3.05. The molecule has 1 saturated heterocycles. The van der Waals surface area contributed by atoms with Gasteiger partial charge < -0.3 is 0 Å². The maximum Gasteiger partial charge on any atom is 0.345 e. The van der Waals surface area contributed by atoms with Gasteiger partial charge in [0.1, 0.15) is 10.0 Å². The second-order valence-corrected chi connectivity index (χ2v) is 10.5. The third-order valence-corrected chi connectivity index (χ3v) is 8.89. The van der Waals surface area contributed by atoms with Crippen LogP contribution in [0.3, 0.4) is 0 Å². The maximum atomic E-state index is 12.9. The lowest BCUT2D eigenvalue weighted by Crippen LogP contribution is -2.38. The zero-order valence-corrected chi connectivity index (χ0v) is 16.7. The Bertz CT molecular complexity index is 961. The fraction of sp³-hybridized carbons (Fsp3) is 0.647. The number of hydrogen-bond acceptors (Lipinski definition) is 5. The Morgan fingerprint density at radius 3 is 2.46 bits per heavy atom. The lowest BCUT2D eigenvalue weighted by molar-refractivity contribution is 0.309. The van der Waals surface area contributed by atoms with Gasteiger partial charge in [0.25, 0.3) is 10.0 Å². The number of aryl methyl sites for hydroxylation is 2. The van der Waals surface area contributed by atoms with Crippen LogP contribution in [0, 0.1) is 0 Å². The molecule has 0 atom stereocenters. The van der Waals surface area contributed by atoms with E-state index in [1.165, 1.54) is 16.0 Å². The minimum absolute atomic E-state index is 0.0526. The number of aromatic nitrogens is 3. The second-order valence-electron chi connectivity index (χ2n) is 7.12. The molecule has 0 bridgehead atoms. The van der Waals surface area contributed by atoms with Gasteiger partial charge in [-0.15, -0.1) is 11.3 Å². The van der Waals surface area contributed by atoms with Crippen LogP contribution in [-0.2, 0) is 23.5 Å². The monoisotopic (exact) mass is 396 g/mol. The van der Waals surface area contributed by atoms with E-state index >= 15 is 0 Å². The molecule has 3 heterocycles. The van der Waals surface area contributed by atoms with Crippen molar-refractivity contribution in [2.45, 2.75) is 55.2 Å². The van der Waals surface area contributed by atoms with Crippen LogP contribution in [0.15, 0.2) is 21.1 Å². The molecule has 7 nitrogen and oxygen atoms in total. The van der Waals surface area contributed by atoms with Crippen LogP contribution >= 0.6 is 11.3 Å². The summed E-state index contributed by atoms with van der Waals surface area (Å²) in [6.45, 7) is 2.98. The molecule has 142 valence electrons. The topological polar surface area (TPSA) is 77.2 Å². The van der Waals surface area contributed by atoms with E-state index in [0.717, 1.165) is 30.0 Å². The number of piperidine rings is 1. The summed E-state index contributed by atoms with van der Waals surface area (Å²) >= 11 is 1.36. The SMILES string of the molecule is CCc1ccc(S(=O)(=O)N2CCC(c3nn(C)c(=O)n3C3CC3)CC2)s1. The van der Waals surface area contributed by atoms with E-state index in [0.29, 0.717) is 30.1 Å². The molecule has 0 unspecified atom stereocenters. The number of hydrogen-bond donors (Lipinski definition) is 0. The van der Waals surface area contributed by atoms with E-state index in [1.54, 1.807) is 17.4 Å². The first-order valence-corrected chi connectivity index (χ1v) is 11.4. The van der Waals surface area contributed by atoms with E-state index < -0.39 is 10.0 Å². The van der Waals surface area contributed by atoms with Gasteiger partial charge in [-0.1, -0.05) is 6.92 Å². The lowest BCUT2D eigenvalue weighted by atomic mass is 9.97. The maximum absolute atomic E-state index is 12.9. The van der Waals surface area contributed by atoms with Gasteiger partial charge in [0, 0.05) is 37.0 Å². The molecule has 1 saturated carbocycles. The molecule has 1 aliphatic heterocycles. The molecule has 9 heteroatoms. The Labute approximate surface area is 157 Å². The minimum Gasteiger partial charge on any atom is -0.276 e. The van der Waals surface area contributed by atoms with Crippen molar-refractivity contribution in [1.82, 2.24) is 18.7 Å². The fourth-order valence-electron chi connectivity index (χ4n) is 3.62.